The van der Waals surface area contributed by atoms with Gasteiger partial charge in [0, 0.05) is 0 Å². The molecule has 19 heavy (non-hydrogen) atoms. The van der Waals surface area contributed by atoms with Crippen LogP contribution in [0.5, 0.6) is 0 Å². The summed E-state index contributed by atoms with van der Waals surface area (Å²) in [4.78, 5) is 23.5. The Balaban J connectivity index is 2.78. The summed E-state index contributed by atoms with van der Waals surface area (Å²) in [6, 6.07) is -0.868. The summed E-state index contributed by atoms with van der Waals surface area (Å²) < 4.78 is 9.91. The first-order chi connectivity index (χ1) is 8.70. The van der Waals surface area contributed by atoms with Gasteiger partial charge in [-0.15, -0.1) is 0 Å². The Bertz CT molecular complexity index is 343. The molecule has 0 bridgehead atoms. The van der Waals surface area contributed by atoms with Crippen molar-refractivity contribution in [3.63, 3.8) is 0 Å². The average Bonchev–Trinajstić information content (AvgIpc) is 2.73. The molecule has 0 spiro atoms. The van der Waals surface area contributed by atoms with Crippen molar-refractivity contribution in [2.24, 2.45) is 5.73 Å². The summed E-state index contributed by atoms with van der Waals surface area (Å²) in [7, 11) is 1.29. The second-order valence-corrected chi connectivity index (χ2v) is 5.99. The lowest BCUT2D eigenvalue weighted by atomic mass is 9.89. The van der Waals surface area contributed by atoms with Gasteiger partial charge >= 0.3 is 12.1 Å². The zero-order valence-electron chi connectivity index (χ0n) is 12.1. The molecule has 1 fully saturated rings. The van der Waals surface area contributed by atoms with Gasteiger partial charge in [0.1, 0.15) is 11.6 Å². The van der Waals surface area contributed by atoms with Crippen LogP contribution in [0, 0.1) is 0 Å². The molecule has 6 heteroatoms. The van der Waals surface area contributed by atoms with Crippen LogP contribution < -0.4 is 11.1 Å². The molecular formula is C13H24N2O4. The molecule has 6 nitrogen and oxygen atoms in total. The highest BCUT2D eigenvalue weighted by molar-refractivity contribution is 5.79. The molecule has 0 radical (unpaired) electrons. The van der Waals surface area contributed by atoms with Crippen molar-refractivity contribution < 1.29 is 19.1 Å². The monoisotopic (exact) mass is 272 g/mol. The van der Waals surface area contributed by atoms with Crippen molar-refractivity contribution in [3.05, 3.63) is 0 Å². The predicted octanol–water partition coefficient (Wildman–Crippen LogP) is 1.32. The van der Waals surface area contributed by atoms with Crippen LogP contribution in [0.25, 0.3) is 0 Å². The van der Waals surface area contributed by atoms with E-state index in [1.807, 2.05) is 0 Å². The standard InChI is InChI=1S/C13H24N2O4/c1-12(2,3)19-11(17)15-13(7-5-6-8-13)9(14)10(16)18-4/h9H,5-8,14H2,1-4H3,(H,15,17). The highest BCUT2D eigenvalue weighted by Gasteiger charge is 2.45. The minimum atomic E-state index is -0.868. The van der Waals surface area contributed by atoms with E-state index in [9.17, 15) is 9.59 Å². The second-order valence-electron chi connectivity index (χ2n) is 5.99. The van der Waals surface area contributed by atoms with E-state index in [1.165, 1.54) is 7.11 Å². The quantitative estimate of drug-likeness (QED) is 0.756. The molecule has 1 amide bonds. The molecule has 0 saturated heterocycles. The Morgan fingerprint density at radius 2 is 1.79 bits per heavy atom. The molecule has 0 heterocycles. The number of hydrogen-bond donors (Lipinski definition) is 2. The van der Waals surface area contributed by atoms with Gasteiger partial charge < -0.3 is 20.5 Å². The van der Waals surface area contributed by atoms with Crippen molar-refractivity contribution in [3.8, 4) is 0 Å². The number of alkyl carbamates (subject to hydrolysis) is 1. The molecule has 110 valence electrons. The normalized spacial score (nSPS) is 19.6. The van der Waals surface area contributed by atoms with Gasteiger partial charge in [0.15, 0.2) is 0 Å². The van der Waals surface area contributed by atoms with Crippen LogP contribution in [-0.4, -0.2) is 36.4 Å². The smallest absolute Gasteiger partial charge is 0.408 e. The molecule has 0 aliphatic heterocycles. The molecule has 0 aromatic carbocycles. The third-order valence-corrected chi connectivity index (χ3v) is 3.30. The molecular weight excluding hydrogens is 248 g/mol. The van der Waals surface area contributed by atoms with E-state index in [1.54, 1.807) is 20.8 Å². The number of hydrogen-bond acceptors (Lipinski definition) is 5. The van der Waals surface area contributed by atoms with Gasteiger partial charge in [0.2, 0.25) is 0 Å². The Hall–Kier alpha value is -1.30. The van der Waals surface area contributed by atoms with Crippen LogP contribution in [0.4, 0.5) is 4.79 Å². The van der Waals surface area contributed by atoms with Crippen molar-refractivity contribution >= 4 is 12.1 Å². The van der Waals surface area contributed by atoms with Crippen molar-refractivity contribution in [1.29, 1.82) is 0 Å². The van der Waals surface area contributed by atoms with Crippen molar-refractivity contribution in [2.75, 3.05) is 7.11 Å². The summed E-state index contributed by atoms with van der Waals surface area (Å²) in [5.74, 6) is -0.516. The maximum absolute atomic E-state index is 11.9. The summed E-state index contributed by atoms with van der Waals surface area (Å²) >= 11 is 0. The van der Waals surface area contributed by atoms with Gasteiger partial charge in [0.25, 0.3) is 0 Å². The number of carbonyl (C=O) groups is 2. The zero-order valence-corrected chi connectivity index (χ0v) is 12.1. The van der Waals surface area contributed by atoms with Gasteiger partial charge in [-0.2, -0.15) is 0 Å². The number of ether oxygens (including phenoxy) is 2. The molecule has 1 aliphatic carbocycles. The lowest BCUT2D eigenvalue weighted by Gasteiger charge is -2.35. The van der Waals surface area contributed by atoms with Crippen LogP contribution in [0.1, 0.15) is 46.5 Å². The van der Waals surface area contributed by atoms with Gasteiger partial charge in [-0.1, -0.05) is 12.8 Å². The lowest BCUT2D eigenvalue weighted by Crippen LogP contribution is -2.62. The second kappa shape index (κ2) is 5.77. The molecule has 1 unspecified atom stereocenters. The van der Waals surface area contributed by atoms with Crippen LogP contribution in [0.2, 0.25) is 0 Å². The van der Waals surface area contributed by atoms with Gasteiger partial charge in [0.05, 0.1) is 12.6 Å². The topological polar surface area (TPSA) is 90.6 Å². The van der Waals surface area contributed by atoms with Gasteiger partial charge in [-0.25, -0.2) is 4.79 Å². The Morgan fingerprint density at radius 1 is 1.26 bits per heavy atom. The largest absolute Gasteiger partial charge is 0.468 e. The first-order valence-corrected chi connectivity index (χ1v) is 6.55. The number of carbonyl (C=O) groups excluding carboxylic acids is 2. The number of esters is 1. The molecule has 1 rings (SSSR count). The summed E-state index contributed by atoms with van der Waals surface area (Å²) in [5.41, 5.74) is 4.60. The van der Waals surface area contributed by atoms with E-state index in [2.05, 4.69) is 10.1 Å². The van der Waals surface area contributed by atoms with E-state index >= 15 is 0 Å². The first kappa shape index (κ1) is 15.8. The lowest BCUT2D eigenvalue weighted by molar-refractivity contribution is -0.144. The molecule has 0 aromatic rings. The van der Waals surface area contributed by atoms with Crippen molar-refractivity contribution in [2.45, 2.75) is 63.6 Å². The van der Waals surface area contributed by atoms with Crippen molar-refractivity contribution in [1.82, 2.24) is 5.32 Å². The fraction of sp³-hybridized carbons (Fsp3) is 0.846. The Kier molecular flexibility index (Phi) is 4.79. The van der Waals surface area contributed by atoms with Crippen LogP contribution in [0.15, 0.2) is 0 Å². The third-order valence-electron chi connectivity index (χ3n) is 3.30. The van der Waals surface area contributed by atoms with E-state index in [-0.39, 0.29) is 0 Å². The third kappa shape index (κ3) is 4.09. The maximum Gasteiger partial charge on any atom is 0.408 e. The van der Waals surface area contributed by atoms with Gasteiger partial charge in [-0.3, -0.25) is 4.79 Å². The maximum atomic E-state index is 11.9. The molecule has 0 aromatic heterocycles. The predicted molar refractivity (Wildman–Crippen MR) is 70.6 cm³/mol. The van der Waals surface area contributed by atoms with Crippen LogP contribution in [-0.2, 0) is 14.3 Å². The number of nitrogens with one attached hydrogen (secondary N) is 1. The molecule has 3 N–H and O–H groups in total. The minimum Gasteiger partial charge on any atom is -0.468 e. The number of methoxy groups -OCH3 is 1. The average molecular weight is 272 g/mol. The molecule has 1 atom stereocenters. The summed E-state index contributed by atoms with van der Waals surface area (Å²) in [6.07, 6.45) is 2.60. The Morgan fingerprint density at radius 3 is 2.21 bits per heavy atom. The van der Waals surface area contributed by atoms with E-state index < -0.39 is 29.2 Å². The van der Waals surface area contributed by atoms with Crippen LogP contribution >= 0.6 is 0 Å². The highest BCUT2D eigenvalue weighted by Crippen LogP contribution is 2.32. The molecule has 1 aliphatic rings. The number of nitrogens with two attached hydrogens (primary N) is 1. The minimum absolute atomic E-state index is 0.516. The fourth-order valence-electron chi connectivity index (χ4n) is 2.38. The van der Waals surface area contributed by atoms with Crippen LogP contribution in [0.3, 0.4) is 0 Å². The van der Waals surface area contributed by atoms with E-state index in [4.69, 9.17) is 10.5 Å². The number of amides is 1. The number of rotatable bonds is 3. The SMILES string of the molecule is COC(=O)C(N)C1(NC(=O)OC(C)(C)C)CCCC1. The highest BCUT2D eigenvalue weighted by atomic mass is 16.6. The summed E-state index contributed by atoms with van der Waals surface area (Å²) in [5, 5.41) is 2.78. The van der Waals surface area contributed by atoms with E-state index in [0.29, 0.717) is 12.8 Å². The first-order valence-electron chi connectivity index (χ1n) is 6.55. The van der Waals surface area contributed by atoms with Gasteiger partial charge in [-0.05, 0) is 33.6 Å². The van der Waals surface area contributed by atoms with E-state index in [0.717, 1.165) is 12.8 Å². The fourth-order valence-corrected chi connectivity index (χ4v) is 2.38. The summed E-state index contributed by atoms with van der Waals surface area (Å²) in [6.45, 7) is 5.36. The Labute approximate surface area is 114 Å². The zero-order chi connectivity index (χ0) is 14.7. The molecule has 1 saturated carbocycles.